The molecule has 0 saturated heterocycles. The highest BCUT2D eigenvalue weighted by atomic mass is 32.2. The number of oxazole rings is 1. The fourth-order valence-electron chi connectivity index (χ4n) is 2.23. The maximum absolute atomic E-state index is 13.6. The van der Waals surface area contributed by atoms with Crippen LogP contribution < -0.4 is 0 Å². The molecular formula is C13H10F4N4O3S. The summed E-state index contributed by atoms with van der Waals surface area (Å²) in [7, 11) is -1.64. The zero-order valence-corrected chi connectivity index (χ0v) is 13.6. The number of hydrogen-bond acceptors (Lipinski definition) is 5. The molecule has 0 aliphatic heterocycles. The van der Waals surface area contributed by atoms with E-state index < -0.39 is 33.7 Å². The SMILES string of the molecule is CN(C)S(=O)(=O)n1cc(-c2ocnc2C(F)(F)F)c2cc(F)cnc21. The minimum atomic E-state index is -4.84. The first-order chi connectivity index (χ1) is 11.5. The Labute approximate surface area is 138 Å². The average molecular weight is 378 g/mol. The van der Waals surface area contributed by atoms with Gasteiger partial charge in [-0.05, 0) is 6.07 Å². The summed E-state index contributed by atoms with van der Waals surface area (Å²) in [4.78, 5) is 6.82. The van der Waals surface area contributed by atoms with E-state index in [0.29, 0.717) is 10.4 Å². The maximum Gasteiger partial charge on any atom is 0.437 e. The second-order valence-corrected chi connectivity index (χ2v) is 7.20. The van der Waals surface area contributed by atoms with E-state index in [4.69, 9.17) is 4.42 Å². The number of hydrogen-bond donors (Lipinski definition) is 0. The smallest absolute Gasteiger partial charge is 0.437 e. The van der Waals surface area contributed by atoms with Gasteiger partial charge in [0.05, 0.1) is 6.20 Å². The predicted molar refractivity (Wildman–Crippen MR) is 78.2 cm³/mol. The Morgan fingerprint density at radius 3 is 2.52 bits per heavy atom. The zero-order valence-electron chi connectivity index (χ0n) is 12.7. The fourth-order valence-corrected chi connectivity index (χ4v) is 3.18. The van der Waals surface area contributed by atoms with Crippen molar-refractivity contribution >= 4 is 21.2 Å². The quantitative estimate of drug-likeness (QED) is 0.654. The molecular weight excluding hydrogens is 368 g/mol. The van der Waals surface area contributed by atoms with Crippen LogP contribution in [0.25, 0.3) is 22.4 Å². The van der Waals surface area contributed by atoms with Crippen molar-refractivity contribution in [2.75, 3.05) is 14.1 Å². The Morgan fingerprint density at radius 1 is 1.24 bits per heavy atom. The van der Waals surface area contributed by atoms with Crippen LogP contribution in [0, 0.1) is 5.82 Å². The number of alkyl halides is 3. The highest BCUT2D eigenvalue weighted by molar-refractivity contribution is 7.87. The summed E-state index contributed by atoms with van der Waals surface area (Å²) in [5.74, 6) is -1.57. The van der Waals surface area contributed by atoms with Gasteiger partial charge in [-0.2, -0.15) is 25.9 Å². The summed E-state index contributed by atoms with van der Waals surface area (Å²) >= 11 is 0. The van der Waals surface area contributed by atoms with Gasteiger partial charge in [0.1, 0.15) is 5.82 Å². The van der Waals surface area contributed by atoms with E-state index in [-0.39, 0.29) is 16.6 Å². The molecule has 3 rings (SSSR count). The molecule has 0 amide bonds. The van der Waals surface area contributed by atoms with E-state index in [1.165, 1.54) is 14.1 Å². The molecule has 0 aromatic carbocycles. The van der Waals surface area contributed by atoms with E-state index in [0.717, 1.165) is 22.8 Å². The minimum absolute atomic E-state index is 0.160. The molecule has 25 heavy (non-hydrogen) atoms. The van der Waals surface area contributed by atoms with Gasteiger partial charge in [0.2, 0.25) is 0 Å². The molecule has 0 N–H and O–H groups in total. The summed E-state index contributed by atoms with van der Waals surface area (Å²) in [6.07, 6.45) is -2.60. The molecule has 7 nitrogen and oxygen atoms in total. The zero-order chi connectivity index (χ0) is 18.6. The first kappa shape index (κ1) is 17.4. The van der Waals surface area contributed by atoms with Crippen LogP contribution in [-0.4, -0.2) is 40.8 Å². The lowest BCUT2D eigenvalue weighted by Crippen LogP contribution is -2.28. The van der Waals surface area contributed by atoms with Crippen molar-refractivity contribution in [2.45, 2.75) is 6.18 Å². The maximum atomic E-state index is 13.6. The van der Waals surface area contributed by atoms with Gasteiger partial charge < -0.3 is 4.42 Å². The largest absolute Gasteiger partial charge is 0.443 e. The van der Waals surface area contributed by atoms with Gasteiger partial charge in [-0.3, -0.25) is 0 Å². The molecule has 3 aromatic rings. The van der Waals surface area contributed by atoms with Gasteiger partial charge in [-0.15, -0.1) is 0 Å². The fraction of sp³-hybridized carbons (Fsp3) is 0.231. The second-order valence-electron chi connectivity index (χ2n) is 5.18. The number of rotatable bonds is 3. The van der Waals surface area contributed by atoms with Crippen LogP contribution in [0.15, 0.2) is 29.3 Å². The third-order valence-corrected chi connectivity index (χ3v) is 5.07. The van der Waals surface area contributed by atoms with E-state index >= 15 is 0 Å². The third kappa shape index (κ3) is 2.76. The number of halogens is 4. The van der Waals surface area contributed by atoms with Crippen LogP contribution in [0.2, 0.25) is 0 Å². The standard InChI is InChI=1S/C13H10F4N4O3S/c1-20(2)25(22,23)21-5-9(8-3-7(14)4-18-12(8)21)10-11(13(15,16)17)19-6-24-10/h3-6H,1-2H3. The highest BCUT2D eigenvalue weighted by Gasteiger charge is 2.39. The summed E-state index contributed by atoms with van der Waals surface area (Å²) in [6, 6.07) is 0.877. The van der Waals surface area contributed by atoms with E-state index in [1.807, 2.05) is 0 Å². The molecule has 12 heteroatoms. The van der Waals surface area contributed by atoms with Crippen molar-refractivity contribution in [1.82, 2.24) is 18.2 Å². The van der Waals surface area contributed by atoms with E-state index in [1.54, 1.807) is 0 Å². The Kier molecular flexibility index (Phi) is 3.84. The third-order valence-electron chi connectivity index (χ3n) is 3.37. The van der Waals surface area contributed by atoms with Crippen LogP contribution in [-0.2, 0) is 16.4 Å². The molecule has 0 aliphatic carbocycles. The summed E-state index contributed by atoms with van der Waals surface area (Å²) in [5.41, 5.74) is -1.88. The number of aromatic nitrogens is 3. The van der Waals surface area contributed by atoms with Crippen molar-refractivity contribution in [2.24, 2.45) is 0 Å². The van der Waals surface area contributed by atoms with Crippen molar-refractivity contribution in [3.05, 3.63) is 36.4 Å². The van der Waals surface area contributed by atoms with Gasteiger partial charge in [-0.25, -0.2) is 18.3 Å². The topological polar surface area (TPSA) is 81.2 Å². The van der Waals surface area contributed by atoms with Crippen molar-refractivity contribution in [1.29, 1.82) is 0 Å². The summed E-state index contributed by atoms with van der Waals surface area (Å²) in [5, 5.41) is -0.160. The first-order valence-corrected chi connectivity index (χ1v) is 8.04. The number of fused-ring (bicyclic) bond motifs is 1. The number of nitrogens with zero attached hydrogens (tertiary/aromatic N) is 4. The van der Waals surface area contributed by atoms with Crippen molar-refractivity contribution in [3.63, 3.8) is 0 Å². The van der Waals surface area contributed by atoms with Crippen LogP contribution in [0.3, 0.4) is 0 Å². The van der Waals surface area contributed by atoms with Crippen LogP contribution in [0.1, 0.15) is 5.69 Å². The first-order valence-electron chi connectivity index (χ1n) is 6.64. The molecule has 0 saturated carbocycles. The molecule has 134 valence electrons. The Balaban J connectivity index is 2.39. The lowest BCUT2D eigenvalue weighted by Gasteiger charge is -2.12. The Bertz CT molecular complexity index is 1050. The molecule has 3 aromatic heterocycles. The average Bonchev–Trinajstić information content (AvgIpc) is 3.09. The second kappa shape index (κ2) is 5.52. The van der Waals surface area contributed by atoms with Crippen molar-refractivity contribution in [3.8, 4) is 11.3 Å². The molecule has 0 atom stereocenters. The molecule has 0 bridgehead atoms. The minimum Gasteiger partial charge on any atom is -0.443 e. The van der Waals surface area contributed by atoms with Gasteiger partial charge >= 0.3 is 16.4 Å². The van der Waals surface area contributed by atoms with Gasteiger partial charge in [0, 0.05) is 31.2 Å². The number of pyridine rings is 1. The molecule has 0 spiro atoms. The molecule has 3 heterocycles. The molecule has 0 aliphatic rings. The molecule has 0 unspecified atom stereocenters. The summed E-state index contributed by atoms with van der Waals surface area (Å²) < 4.78 is 83.8. The van der Waals surface area contributed by atoms with Crippen LogP contribution in [0.4, 0.5) is 17.6 Å². The Hall–Kier alpha value is -2.47. The van der Waals surface area contributed by atoms with Gasteiger partial charge in [0.15, 0.2) is 23.5 Å². The van der Waals surface area contributed by atoms with Gasteiger partial charge in [0.25, 0.3) is 0 Å². The van der Waals surface area contributed by atoms with E-state index in [2.05, 4.69) is 9.97 Å². The normalized spacial score (nSPS) is 13.1. The monoisotopic (exact) mass is 378 g/mol. The van der Waals surface area contributed by atoms with Crippen molar-refractivity contribution < 1.29 is 30.4 Å². The highest BCUT2D eigenvalue weighted by Crippen LogP contribution is 2.39. The van der Waals surface area contributed by atoms with Gasteiger partial charge in [-0.1, -0.05) is 0 Å². The summed E-state index contributed by atoms with van der Waals surface area (Å²) in [6.45, 7) is 0. The lowest BCUT2D eigenvalue weighted by atomic mass is 10.1. The molecule has 0 fully saturated rings. The predicted octanol–water partition coefficient (Wildman–Crippen LogP) is 2.50. The molecule has 0 radical (unpaired) electrons. The van der Waals surface area contributed by atoms with Crippen LogP contribution in [0.5, 0.6) is 0 Å². The van der Waals surface area contributed by atoms with Crippen LogP contribution >= 0.6 is 0 Å². The lowest BCUT2D eigenvalue weighted by molar-refractivity contribution is -0.140. The Morgan fingerprint density at radius 2 is 1.92 bits per heavy atom. The van der Waals surface area contributed by atoms with E-state index in [9.17, 15) is 26.0 Å².